The lowest BCUT2D eigenvalue weighted by Crippen LogP contribution is -2.34. The Hall–Kier alpha value is -4.34. The summed E-state index contributed by atoms with van der Waals surface area (Å²) in [7, 11) is -3.80. The summed E-state index contributed by atoms with van der Waals surface area (Å²) < 4.78 is 32.2. The second kappa shape index (κ2) is 10.9. The number of carbonyl (C=O) groups excluding carboxylic acids is 2. The highest BCUT2D eigenvalue weighted by Crippen LogP contribution is 2.21. The Labute approximate surface area is 208 Å². The number of carbonyl (C=O) groups is 2. The second-order valence-corrected chi connectivity index (χ2v) is 9.68. The third-order valence-corrected chi connectivity index (χ3v) is 6.67. The molecule has 4 aromatic carbocycles. The van der Waals surface area contributed by atoms with Gasteiger partial charge in [0.25, 0.3) is 5.91 Å². The number of nitrogens with one attached hydrogen (secondary N) is 2. The second-order valence-electron chi connectivity index (χ2n) is 7.92. The number of rotatable bonds is 8. The smallest absolute Gasteiger partial charge is 0.344 e. The number of sulfonamides is 1. The normalized spacial score (nSPS) is 11.5. The van der Waals surface area contributed by atoms with Crippen molar-refractivity contribution in [1.29, 1.82) is 0 Å². The van der Waals surface area contributed by atoms with Crippen LogP contribution >= 0.6 is 0 Å². The minimum atomic E-state index is -3.80. The molecule has 8 nitrogen and oxygen atoms in total. The maximum Gasteiger partial charge on any atom is 0.344 e. The van der Waals surface area contributed by atoms with Crippen LogP contribution in [0.3, 0.4) is 0 Å². The molecule has 182 valence electrons. The van der Waals surface area contributed by atoms with E-state index in [0.717, 1.165) is 16.3 Å². The number of aryl methyl sites for hydroxylation is 1. The van der Waals surface area contributed by atoms with Gasteiger partial charge in [0.15, 0.2) is 0 Å². The lowest BCUT2D eigenvalue weighted by molar-refractivity contribution is -0.119. The fourth-order valence-corrected chi connectivity index (χ4v) is 4.35. The van der Waals surface area contributed by atoms with Gasteiger partial charge >= 0.3 is 5.97 Å². The van der Waals surface area contributed by atoms with Crippen molar-refractivity contribution in [3.05, 3.63) is 108 Å². The summed E-state index contributed by atoms with van der Waals surface area (Å²) in [5.41, 5.74) is 4.31. The van der Waals surface area contributed by atoms with E-state index in [1.807, 2.05) is 37.3 Å². The summed E-state index contributed by atoms with van der Waals surface area (Å²) in [6.07, 6.45) is 1.39. The van der Waals surface area contributed by atoms with Gasteiger partial charge in [-0.2, -0.15) is 5.10 Å². The first-order chi connectivity index (χ1) is 17.3. The van der Waals surface area contributed by atoms with Gasteiger partial charge in [0.1, 0.15) is 5.75 Å². The van der Waals surface area contributed by atoms with Crippen LogP contribution in [0.4, 0.5) is 0 Å². The van der Waals surface area contributed by atoms with Crippen LogP contribution in [-0.2, 0) is 14.8 Å². The minimum Gasteiger partial charge on any atom is -0.423 e. The molecule has 1 amide bonds. The van der Waals surface area contributed by atoms with E-state index in [0.29, 0.717) is 16.9 Å². The number of fused-ring (bicyclic) bond motifs is 1. The van der Waals surface area contributed by atoms with E-state index in [9.17, 15) is 18.0 Å². The highest BCUT2D eigenvalue weighted by molar-refractivity contribution is 7.89. The van der Waals surface area contributed by atoms with Gasteiger partial charge in [-0.15, -0.1) is 0 Å². The Morgan fingerprint density at radius 3 is 2.33 bits per heavy atom. The first-order valence-corrected chi connectivity index (χ1v) is 12.5. The maximum atomic E-state index is 12.7. The summed E-state index contributed by atoms with van der Waals surface area (Å²) in [5.74, 6) is -0.726. The highest BCUT2D eigenvalue weighted by Gasteiger charge is 2.15. The fraction of sp³-hybridized carbons (Fsp3) is 0.0741. The Balaban J connectivity index is 1.29. The zero-order chi connectivity index (χ0) is 25.5. The van der Waals surface area contributed by atoms with Crippen LogP contribution in [0.2, 0.25) is 0 Å². The van der Waals surface area contributed by atoms with Crippen molar-refractivity contribution in [3.63, 3.8) is 0 Å². The van der Waals surface area contributed by atoms with Crippen LogP contribution in [0.1, 0.15) is 21.5 Å². The summed E-state index contributed by atoms with van der Waals surface area (Å²) >= 11 is 0. The molecule has 0 aromatic heterocycles. The predicted octanol–water partition coefficient (Wildman–Crippen LogP) is 3.80. The van der Waals surface area contributed by atoms with E-state index in [-0.39, 0.29) is 4.90 Å². The molecule has 9 heteroatoms. The molecule has 0 aliphatic rings. The van der Waals surface area contributed by atoms with E-state index >= 15 is 0 Å². The number of nitrogens with zero attached hydrogens (tertiary/aromatic N) is 1. The van der Waals surface area contributed by atoms with Crippen molar-refractivity contribution >= 4 is 38.9 Å². The zero-order valence-electron chi connectivity index (χ0n) is 19.3. The van der Waals surface area contributed by atoms with Gasteiger partial charge in [-0.3, -0.25) is 4.79 Å². The third kappa shape index (κ3) is 6.21. The fourth-order valence-electron chi connectivity index (χ4n) is 3.37. The summed E-state index contributed by atoms with van der Waals surface area (Å²) in [4.78, 5) is 24.7. The molecule has 0 fully saturated rings. The number of ether oxygens (including phenoxy) is 1. The van der Waals surface area contributed by atoms with Crippen LogP contribution in [0.15, 0.2) is 101 Å². The molecule has 0 heterocycles. The molecule has 2 N–H and O–H groups in total. The molecule has 0 saturated heterocycles. The number of hydrogen-bond donors (Lipinski definition) is 2. The van der Waals surface area contributed by atoms with Crippen LogP contribution in [0.25, 0.3) is 10.8 Å². The van der Waals surface area contributed by atoms with E-state index in [1.165, 1.54) is 18.3 Å². The summed E-state index contributed by atoms with van der Waals surface area (Å²) in [6.45, 7) is 1.39. The number of hydrazone groups is 1. The lowest BCUT2D eigenvalue weighted by atomic mass is 10.0. The molecule has 0 spiro atoms. The molecule has 4 rings (SSSR count). The molecular weight excluding hydrogens is 478 g/mol. The number of benzene rings is 4. The van der Waals surface area contributed by atoms with Crippen LogP contribution < -0.4 is 14.9 Å². The number of esters is 1. The van der Waals surface area contributed by atoms with Crippen molar-refractivity contribution in [2.75, 3.05) is 6.54 Å². The van der Waals surface area contributed by atoms with Gasteiger partial charge in [-0.25, -0.2) is 23.4 Å². The lowest BCUT2D eigenvalue weighted by Gasteiger charge is -2.07. The van der Waals surface area contributed by atoms with Crippen molar-refractivity contribution in [2.24, 2.45) is 5.10 Å². The Kier molecular flexibility index (Phi) is 7.53. The number of amides is 1. The first kappa shape index (κ1) is 24.8. The molecule has 4 aromatic rings. The van der Waals surface area contributed by atoms with Crippen molar-refractivity contribution in [2.45, 2.75) is 11.8 Å². The maximum absolute atomic E-state index is 12.7. The number of hydrogen-bond acceptors (Lipinski definition) is 6. The Morgan fingerprint density at radius 1 is 0.889 bits per heavy atom. The van der Waals surface area contributed by atoms with E-state index < -0.39 is 28.4 Å². The van der Waals surface area contributed by atoms with Gasteiger partial charge in [-0.05, 0) is 65.7 Å². The molecule has 0 radical (unpaired) electrons. The Bertz CT molecular complexity index is 1520. The quantitative estimate of drug-likeness (QED) is 0.165. The van der Waals surface area contributed by atoms with E-state index in [1.54, 1.807) is 48.5 Å². The predicted molar refractivity (Wildman–Crippen MR) is 137 cm³/mol. The highest BCUT2D eigenvalue weighted by atomic mass is 32.2. The molecule has 36 heavy (non-hydrogen) atoms. The van der Waals surface area contributed by atoms with Gasteiger partial charge < -0.3 is 4.74 Å². The molecule has 0 saturated carbocycles. The van der Waals surface area contributed by atoms with E-state index in [2.05, 4.69) is 15.2 Å². The monoisotopic (exact) mass is 501 g/mol. The van der Waals surface area contributed by atoms with E-state index in [4.69, 9.17) is 4.74 Å². The van der Waals surface area contributed by atoms with Crippen molar-refractivity contribution < 1.29 is 22.7 Å². The van der Waals surface area contributed by atoms with Crippen LogP contribution in [0, 0.1) is 6.92 Å². The third-order valence-electron chi connectivity index (χ3n) is 5.26. The topological polar surface area (TPSA) is 114 Å². The zero-order valence-corrected chi connectivity index (χ0v) is 20.2. The molecule has 0 bridgehead atoms. The van der Waals surface area contributed by atoms with Gasteiger partial charge in [0.05, 0.1) is 23.2 Å². The molecule has 0 unspecified atom stereocenters. The van der Waals surface area contributed by atoms with Crippen LogP contribution in [-0.4, -0.2) is 33.1 Å². The van der Waals surface area contributed by atoms with Crippen LogP contribution in [0.5, 0.6) is 5.75 Å². The van der Waals surface area contributed by atoms with Crippen molar-refractivity contribution in [3.8, 4) is 5.75 Å². The average molecular weight is 502 g/mol. The van der Waals surface area contributed by atoms with Crippen molar-refractivity contribution in [1.82, 2.24) is 10.1 Å². The molecule has 0 atom stereocenters. The summed E-state index contributed by atoms with van der Waals surface area (Å²) in [6, 6.07) is 25.9. The molecule has 0 aliphatic heterocycles. The van der Waals surface area contributed by atoms with Gasteiger partial charge in [-0.1, -0.05) is 54.1 Å². The van der Waals surface area contributed by atoms with Gasteiger partial charge in [0, 0.05) is 0 Å². The standard InChI is InChI=1S/C27H23N3O5S/c1-19-9-15-23(16-10-19)36(33,34)29-18-26(31)30-28-17-20-11-13-22(14-12-20)35-27(32)25-8-4-6-21-5-2-3-7-24(21)25/h2-17,29H,18H2,1H3,(H,30,31). The largest absolute Gasteiger partial charge is 0.423 e. The molecule has 0 aliphatic carbocycles. The summed E-state index contributed by atoms with van der Waals surface area (Å²) in [5, 5.41) is 5.59. The molecular formula is C27H23N3O5S. The average Bonchev–Trinajstić information content (AvgIpc) is 2.88. The Morgan fingerprint density at radius 2 is 1.58 bits per heavy atom. The first-order valence-electron chi connectivity index (χ1n) is 11.0. The van der Waals surface area contributed by atoms with Gasteiger partial charge in [0.2, 0.25) is 10.0 Å². The minimum absolute atomic E-state index is 0.0747. The SMILES string of the molecule is Cc1ccc(S(=O)(=O)NCC(=O)NN=Cc2ccc(OC(=O)c3cccc4ccccc34)cc2)cc1.